The molecular weight excluding hydrogens is 426 g/mol. The van der Waals surface area contributed by atoms with Crippen molar-refractivity contribution in [1.29, 1.82) is 0 Å². The van der Waals surface area contributed by atoms with Crippen molar-refractivity contribution in [3.8, 4) is 0 Å². The topological polar surface area (TPSA) is 100 Å². The van der Waals surface area contributed by atoms with E-state index in [0.29, 0.717) is 11.1 Å². The van der Waals surface area contributed by atoms with Gasteiger partial charge in [0.2, 0.25) is 5.01 Å². The fourth-order valence-electron chi connectivity index (χ4n) is 3.44. The van der Waals surface area contributed by atoms with E-state index in [9.17, 15) is 14.4 Å². The number of aryl methyl sites for hydroxylation is 3. The van der Waals surface area contributed by atoms with Gasteiger partial charge in [0.25, 0.3) is 5.56 Å². The highest BCUT2D eigenvalue weighted by atomic mass is 32.1. The molecule has 0 saturated carbocycles. The molecule has 0 amide bonds. The molecule has 0 saturated heterocycles. The Morgan fingerprint density at radius 2 is 2.07 bits per heavy atom. The van der Waals surface area contributed by atoms with E-state index in [1.54, 1.807) is 23.6 Å². The summed E-state index contributed by atoms with van der Waals surface area (Å²) in [4.78, 5) is 47.2. The summed E-state index contributed by atoms with van der Waals surface area (Å²) in [6.45, 7) is 2.17. The summed E-state index contributed by atoms with van der Waals surface area (Å²) in [7, 11) is 0. The van der Waals surface area contributed by atoms with Gasteiger partial charge in [-0.05, 0) is 38.2 Å². The minimum Gasteiger partial charge on any atom is -0.461 e. The molecule has 8 nitrogen and oxygen atoms in total. The molecule has 0 aliphatic heterocycles. The highest BCUT2D eigenvalue weighted by molar-refractivity contribution is 7.18. The van der Waals surface area contributed by atoms with Gasteiger partial charge in [-0.15, -0.1) is 22.7 Å². The van der Waals surface area contributed by atoms with E-state index in [-0.39, 0.29) is 36.7 Å². The van der Waals surface area contributed by atoms with Crippen LogP contribution in [0.3, 0.4) is 0 Å². The largest absolute Gasteiger partial charge is 0.461 e. The van der Waals surface area contributed by atoms with Gasteiger partial charge in [-0.3, -0.25) is 14.2 Å². The van der Waals surface area contributed by atoms with Gasteiger partial charge in [0.1, 0.15) is 11.4 Å². The molecular formula is C20H21N3O5S2. The zero-order chi connectivity index (χ0) is 21.1. The number of carbonyl (C=O) groups excluding carboxylic acids is 2. The Morgan fingerprint density at radius 3 is 2.90 bits per heavy atom. The molecule has 0 fully saturated rings. The molecule has 1 aliphatic rings. The zero-order valence-corrected chi connectivity index (χ0v) is 18.1. The van der Waals surface area contributed by atoms with Crippen LogP contribution in [-0.4, -0.2) is 33.1 Å². The molecule has 0 N–H and O–H groups in total. The van der Waals surface area contributed by atoms with Crippen molar-refractivity contribution < 1.29 is 19.1 Å². The predicted molar refractivity (Wildman–Crippen MR) is 113 cm³/mol. The summed E-state index contributed by atoms with van der Waals surface area (Å²) in [6, 6.07) is 0. The van der Waals surface area contributed by atoms with Crippen LogP contribution in [0.4, 0.5) is 0 Å². The van der Waals surface area contributed by atoms with Crippen molar-refractivity contribution in [3.63, 3.8) is 0 Å². The molecule has 3 aromatic heterocycles. The van der Waals surface area contributed by atoms with E-state index in [1.165, 1.54) is 15.8 Å². The van der Waals surface area contributed by atoms with Crippen LogP contribution in [0.15, 0.2) is 16.5 Å². The molecule has 0 atom stereocenters. The SMILES string of the molecule is CCOC(=O)c1nc(COC(=O)CCn2cnc3sc4c(c3c2=O)CCCC4)cs1. The number of nitrogens with zero attached hydrogens (tertiary/aromatic N) is 3. The second-order valence-corrected chi connectivity index (χ2v) is 8.85. The Balaban J connectivity index is 1.36. The van der Waals surface area contributed by atoms with Gasteiger partial charge in [0.05, 0.1) is 30.4 Å². The minimum absolute atomic E-state index is 0.0288. The number of hydrogen-bond acceptors (Lipinski definition) is 9. The Morgan fingerprint density at radius 1 is 1.23 bits per heavy atom. The number of thiazole rings is 1. The van der Waals surface area contributed by atoms with E-state index in [4.69, 9.17) is 9.47 Å². The fraction of sp³-hybridized carbons (Fsp3) is 0.450. The van der Waals surface area contributed by atoms with Crippen LogP contribution in [0.1, 0.15) is 52.1 Å². The number of aromatic nitrogens is 3. The number of carbonyl (C=O) groups is 2. The average molecular weight is 448 g/mol. The van der Waals surface area contributed by atoms with Gasteiger partial charge >= 0.3 is 11.9 Å². The van der Waals surface area contributed by atoms with Crippen molar-refractivity contribution in [3.05, 3.63) is 43.2 Å². The molecule has 0 aromatic carbocycles. The monoisotopic (exact) mass is 447 g/mol. The molecule has 1 aliphatic carbocycles. The lowest BCUT2D eigenvalue weighted by Crippen LogP contribution is -2.23. The van der Waals surface area contributed by atoms with Crippen LogP contribution in [0.5, 0.6) is 0 Å². The van der Waals surface area contributed by atoms with Gasteiger partial charge < -0.3 is 9.47 Å². The molecule has 10 heteroatoms. The van der Waals surface area contributed by atoms with E-state index in [0.717, 1.165) is 47.4 Å². The average Bonchev–Trinajstić information content (AvgIpc) is 3.37. The molecule has 0 unspecified atom stereocenters. The molecule has 0 bridgehead atoms. The molecule has 158 valence electrons. The van der Waals surface area contributed by atoms with E-state index >= 15 is 0 Å². The smallest absolute Gasteiger partial charge is 0.367 e. The van der Waals surface area contributed by atoms with Crippen LogP contribution < -0.4 is 5.56 Å². The first-order chi connectivity index (χ1) is 14.6. The molecule has 3 heterocycles. The van der Waals surface area contributed by atoms with E-state index in [1.807, 2.05) is 0 Å². The van der Waals surface area contributed by atoms with Gasteiger partial charge in [-0.25, -0.2) is 14.8 Å². The highest BCUT2D eigenvalue weighted by Crippen LogP contribution is 2.33. The van der Waals surface area contributed by atoms with Crippen molar-refractivity contribution >= 4 is 44.8 Å². The van der Waals surface area contributed by atoms with Crippen LogP contribution in [0.25, 0.3) is 10.2 Å². The number of esters is 2. The van der Waals surface area contributed by atoms with Crippen LogP contribution in [0, 0.1) is 0 Å². The van der Waals surface area contributed by atoms with E-state index in [2.05, 4.69) is 9.97 Å². The fourth-order valence-corrected chi connectivity index (χ4v) is 5.35. The summed E-state index contributed by atoms with van der Waals surface area (Å²) in [5.41, 5.74) is 1.53. The quantitative estimate of drug-likeness (QED) is 0.513. The summed E-state index contributed by atoms with van der Waals surface area (Å²) >= 11 is 2.75. The normalized spacial score (nSPS) is 13.2. The number of hydrogen-bond donors (Lipinski definition) is 0. The number of ether oxygens (including phenoxy) is 2. The van der Waals surface area contributed by atoms with Crippen molar-refractivity contribution in [2.75, 3.05) is 6.61 Å². The Labute approximate surface area is 180 Å². The lowest BCUT2D eigenvalue weighted by molar-refractivity contribution is -0.145. The van der Waals surface area contributed by atoms with Crippen molar-refractivity contribution in [2.45, 2.75) is 52.2 Å². The first kappa shape index (κ1) is 20.7. The molecule has 0 spiro atoms. The molecule has 4 rings (SSSR count). The van der Waals surface area contributed by atoms with Gasteiger partial charge in [-0.1, -0.05) is 0 Å². The third-order valence-electron chi connectivity index (χ3n) is 4.88. The second-order valence-electron chi connectivity index (χ2n) is 6.91. The Kier molecular flexibility index (Phi) is 6.24. The summed E-state index contributed by atoms with van der Waals surface area (Å²) < 4.78 is 11.6. The summed E-state index contributed by atoms with van der Waals surface area (Å²) in [6.07, 6.45) is 5.73. The summed E-state index contributed by atoms with van der Waals surface area (Å²) in [5.74, 6) is -0.932. The number of fused-ring (bicyclic) bond motifs is 3. The third kappa shape index (κ3) is 4.29. The highest BCUT2D eigenvalue weighted by Gasteiger charge is 2.20. The lowest BCUT2D eigenvalue weighted by atomic mass is 9.97. The maximum absolute atomic E-state index is 12.9. The Bertz CT molecular complexity index is 1150. The standard InChI is InChI=1S/C20H21N3O5S2/c1-2-27-20(26)18-22-12(10-29-18)9-28-15(24)7-8-23-11-21-17-16(19(23)25)13-5-3-4-6-14(13)30-17/h10-11H,2-9H2,1H3. The van der Waals surface area contributed by atoms with Crippen LogP contribution >= 0.6 is 22.7 Å². The van der Waals surface area contributed by atoms with Crippen LogP contribution in [-0.2, 0) is 40.3 Å². The maximum atomic E-state index is 12.9. The summed E-state index contributed by atoms with van der Waals surface area (Å²) in [5, 5.41) is 2.59. The van der Waals surface area contributed by atoms with Crippen LogP contribution in [0.2, 0.25) is 0 Å². The first-order valence-electron chi connectivity index (χ1n) is 9.83. The van der Waals surface area contributed by atoms with Gasteiger partial charge in [0.15, 0.2) is 0 Å². The number of rotatable bonds is 7. The third-order valence-corrected chi connectivity index (χ3v) is 6.95. The van der Waals surface area contributed by atoms with E-state index < -0.39 is 11.9 Å². The molecule has 3 aromatic rings. The van der Waals surface area contributed by atoms with Crippen molar-refractivity contribution in [1.82, 2.24) is 14.5 Å². The maximum Gasteiger partial charge on any atom is 0.367 e. The molecule has 30 heavy (non-hydrogen) atoms. The first-order valence-corrected chi connectivity index (χ1v) is 11.5. The van der Waals surface area contributed by atoms with Gasteiger partial charge in [-0.2, -0.15) is 0 Å². The lowest BCUT2D eigenvalue weighted by Gasteiger charge is -2.10. The Hall–Kier alpha value is -2.59. The zero-order valence-electron chi connectivity index (χ0n) is 16.5. The second kappa shape index (κ2) is 9.05. The number of thiophene rings is 1. The minimum atomic E-state index is -0.488. The molecule has 0 radical (unpaired) electrons. The van der Waals surface area contributed by atoms with Gasteiger partial charge in [0, 0.05) is 16.8 Å². The predicted octanol–water partition coefficient (Wildman–Crippen LogP) is 3.10. The van der Waals surface area contributed by atoms with Crippen molar-refractivity contribution in [2.24, 2.45) is 0 Å².